The second-order valence-electron chi connectivity index (χ2n) is 10.4. The summed E-state index contributed by atoms with van der Waals surface area (Å²) in [7, 11) is 0. The third-order valence-corrected chi connectivity index (χ3v) is 8.47. The van der Waals surface area contributed by atoms with E-state index in [4.69, 9.17) is 9.47 Å². The molecule has 0 bridgehead atoms. The second-order valence-corrected chi connectivity index (χ2v) is 10.4. The average Bonchev–Trinajstić information content (AvgIpc) is 3.26. The molecule has 168 valence electrons. The third kappa shape index (κ3) is 3.47. The molecule has 0 aromatic heterocycles. The number of amides is 1. The first-order valence-electron chi connectivity index (χ1n) is 12.3. The SMILES string of the molecule is O=C(C1CC(O)(c2ccc3c(c2)COC2(CCN(C4CCC4)CC2)O3)C1)N1CCCC1. The molecule has 1 N–H and O–H groups in total. The van der Waals surface area contributed by atoms with Gasteiger partial charge in [-0.3, -0.25) is 9.69 Å². The van der Waals surface area contributed by atoms with Crippen LogP contribution in [0.3, 0.4) is 0 Å². The number of likely N-dealkylation sites (tertiary alicyclic amines) is 2. The Balaban J connectivity index is 1.10. The maximum Gasteiger partial charge on any atom is 0.225 e. The van der Waals surface area contributed by atoms with E-state index in [9.17, 15) is 9.90 Å². The Morgan fingerprint density at radius 3 is 2.45 bits per heavy atom. The Labute approximate surface area is 184 Å². The van der Waals surface area contributed by atoms with Crippen molar-refractivity contribution in [3.05, 3.63) is 29.3 Å². The van der Waals surface area contributed by atoms with Crippen LogP contribution in [-0.2, 0) is 21.7 Å². The molecule has 0 radical (unpaired) electrons. The quantitative estimate of drug-likeness (QED) is 0.805. The first kappa shape index (κ1) is 20.0. The Kier molecular flexibility index (Phi) is 4.82. The van der Waals surface area contributed by atoms with Gasteiger partial charge in [0.05, 0.1) is 12.2 Å². The predicted molar refractivity (Wildman–Crippen MR) is 115 cm³/mol. The molecule has 1 amide bonds. The van der Waals surface area contributed by atoms with Gasteiger partial charge in [-0.05, 0) is 56.2 Å². The van der Waals surface area contributed by atoms with Gasteiger partial charge < -0.3 is 19.5 Å². The van der Waals surface area contributed by atoms with Gasteiger partial charge in [-0.2, -0.15) is 0 Å². The number of benzene rings is 1. The lowest BCUT2D eigenvalue weighted by atomic mass is 9.66. The summed E-state index contributed by atoms with van der Waals surface area (Å²) >= 11 is 0. The molecular weight excluding hydrogens is 392 g/mol. The maximum absolute atomic E-state index is 12.6. The number of aliphatic hydroxyl groups is 1. The molecule has 6 nitrogen and oxygen atoms in total. The zero-order chi connectivity index (χ0) is 21.1. The van der Waals surface area contributed by atoms with Crippen molar-refractivity contribution in [2.45, 2.75) is 81.8 Å². The molecule has 1 spiro atoms. The maximum atomic E-state index is 12.6. The molecule has 1 aromatic carbocycles. The molecule has 2 saturated carbocycles. The summed E-state index contributed by atoms with van der Waals surface area (Å²) < 4.78 is 12.7. The Bertz CT molecular complexity index is 847. The first-order valence-corrected chi connectivity index (χ1v) is 12.3. The standard InChI is InChI=1S/C25H34N2O4/c28-23(27-10-1-2-11-27)19-15-24(29,16-19)20-6-7-22-18(14-20)17-30-25(31-22)8-12-26(13-9-25)21-4-3-5-21/h6-7,14,19,21,29H,1-5,8-13,15-17H2. The molecule has 0 unspecified atom stereocenters. The van der Waals surface area contributed by atoms with E-state index in [1.807, 2.05) is 23.1 Å². The summed E-state index contributed by atoms with van der Waals surface area (Å²) in [6.45, 7) is 4.37. The van der Waals surface area contributed by atoms with Crippen molar-refractivity contribution in [1.29, 1.82) is 0 Å². The van der Waals surface area contributed by atoms with E-state index in [-0.39, 0.29) is 11.8 Å². The monoisotopic (exact) mass is 426 g/mol. The smallest absolute Gasteiger partial charge is 0.225 e. The highest BCUT2D eigenvalue weighted by Crippen LogP contribution is 2.48. The third-order valence-electron chi connectivity index (χ3n) is 8.47. The minimum absolute atomic E-state index is 0.0456. The van der Waals surface area contributed by atoms with E-state index in [0.717, 1.165) is 74.8 Å². The molecule has 2 saturated heterocycles. The molecule has 2 aliphatic carbocycles. The molecule has 3 aliphatic heterocycles. The minimum Gasteiger partial charge on any atom is -0.462 e. The minimum atomic E-state index is -0.904. The van der Waals surface area contributed by atoms with E-state index in [2.05, 4.69) is 4.90 Å². The van der Waals surface area contributed by atoms with E-state index >= 15 is 0 Å². The van der Waals surface area contributed by atoms with Crippen LogP contribution in [0.5, 0.6) is 5.75 Å². The van der Waals surface area contributed by atoms with Gasteiger partial charge in [0.2, 0.25) is 11.7 Å². The summed E-state index contributed by atoms with van der Waals surface area (Å²) in [6, 6.07) is 6.79. The van der Waals surface area contributed by atoms with Gasteiger partial charge in [-0.15, -0.1) is 0 Å². The van der Waals surface area contributed by atoms with Gasteiger partial charge in [0.25, 0.3) is 0 Å². The van der Waals surface area contributed by atoms with E-state index in [0.29, 0.717) is 19.4 Å². The lowest BCUT2D eigenvalue weighted by Crippen LogP contribution is -2.54. The van der Waals surface area contributed by atoms with Crippen molar-refractivity contribution in [1.82, 2.24) is 9.80 Å². The lowest BCUT2D eigenvalue weighted by Gasteiger charge is -2.48. The van der Waals surface area contributed by atoms with Crippen molar-refractivity contribution in [2.75, 3.05) is 26.2 Å². The van der Waals surface area contributed by atoms with Crippen LogP contribution < -0.4 is 4.74 Å². The predicted octanol–water partition coefficient (Wildman–Crippen LogP) is 3.16. The van der Waals surface area contributed by atoms with Crippen molar-refractivity contribution in [3.8, 4) is 5.75 Å². The molecular formula is C25H34N2O4. The van der Waals surface area contributed by atoms with E-state index < -0.39 is 11.4 Å². The average molecular weight is 427 g/mol. The zero-order valence-electron chi connectivity index (χ0n) is 18.4. The number of carbonyl (C=O) groups excluding carboxylic acids is 1. The normalized spacial score (nSPS) is 32.8. The number of hydrogen-bond donors (Lipinski definition) is 1. The second kappa shape index (κ2) is 7.46. The van der Waals surface area contributed by atoms with Gasteiger partial charge in [0, 0.05) is 56.5 Å². The van der Waals surface area contributed by atoms with Crippen LogP contribution in [0.15, 0.2) is 18.2 Å². The summed E-state index contributed by atoms with van der Waals surface area (Å²) in [6.07, 6.45) is 9.12. The first-order chi connectivity index (χ1) is 15.0. The van der Waals surface area contributed by atoms with Crippen LogP contribution in [0.1, 0.15) is 68.9 Å². The van der Waals surface area contributed by atoms with Crippen LogP contribution in [0.2, 0.25) is 0 Å². The van der Waals surface area contributed by atoms with Crippen LogP contribution in [0.25, 0.3) is 0 Å². The van der Waals surface area contributed by atoms with Crippen LogP contribution in [0.4, 0.5) is 0 Å². The fourth-order valence-corrected chi connectivity index (χ4v) is 6.11. The van der Waals surface area contributed by atoms with Crippen molar-refractivity contribution in [2.24, 2.45) is 5.92 Å². The van der Waals surface area contributed by atoms with Crippen LogP contribution in [0, 0.1) is 5.92 Å². The number of nitrogens with zero attached hydrogens (tertiary/aromatic N) is 2. The number of rotatable bonds is 3. The highest BCUT2D eigenvalue weighted by atomic mass is 16.7. The largest absolute Gasteiger partial charge is 0.462 e. The number of fused-ring (bicyclic) bond motifs is 1. The summed E-state index contributed by atoms with van der Waals surface area (Å²) in [4.78, 5) is 17.2. The van der Waals surface area contributed by atoms with Gasteiger partial charge in [0.15, 0.2) is 0 Å². The van der Waals surface area contributed by atoms with Crippen molar-refractivity contribution in [3.63, 3.8) is 0 Å². The number of piperidine rings is 1. The molecule has 31 heavy (non-hydrogen) atoms. The molecule has 3 heterocycles. The van der Waals surface area contributed by atoms with Gasteiger partial charge in [0.1, 0.15) is 5.75 Å². The summed E-state index contributed by atoms with van der Waals surface area (Å²) in [5, 5.41) is 11.1. The van der Waals surface area contributed by atoms with Crippen molar-refractivity contribution < 1.29 is 19.4 Å². The Morgan fingerprint density at radius 2 is 1.77 bits per heavy atom. The molecule has 4 fully saturated rings. The topological polar surface area (TPSA) is 62.2 Å². The van der Waals surface area contributed by atoms with Gasteiger partial charge >= 0.3 is 0 Å². The zero-order valence-corrected chi connectivity index (χ0v) is 18.4. The van der Waals surface area contributed by atoms with Gasteiger partial charge in [-0.25, -0.2) is 0 Å². The lowest BCUT2D eigenvalue weighted by molar-refractivity contribution is -0.231. The molecule has 6 rings (SSSR count). The molecule has 0 atom stereocenters. The Hall–Kier alpha value is -1.63. The van der Waals surface area contributed by atoms with Crippen molar-refractivity contribution >= 4 is 5.91 Å². The summed E-state index contributed by atoms with van der Waals surface area (Å²) in [5.74, 6) is 0.576. The van der Waals surface area contributed by atoms with Crippen LogP contribution >= 0.6 is 0 Å². The molecule has 6 heteroatoms. The fraction of sp³-hybridized carbons (Fsp3) is 0.720. The van der Waals surface area contributed by atoms with E-state index in [1.54, 1.807) is 0 Å². The highest BCUT2D eigenvalue weighted by Gasteiger charge is 2.49. The van der Waals surface area contributed by atoms with Gasteiger partial charge in [-0.1, -0.05) is 12.5 Å². The Morgan fingerprint density at radius 1 is 1.03 bits per heavy atom. The van der Waals surface area contributed by atoms with E-state index in [1.165, 1.54) is 19.3 Å². The fourth-order valence-electron chi connectivity index (χ4n) is 6.11. The number of hydrogen-bond acceptors (Lipinski definition) is 5. The number of ether oxygens (including phenoxy) is 2. The highest BCUT2D eigenvalue weighted by molar-refractivity contribution is 5.80. The molecule has 1 aromatic rings. The number of carbonyl (C=O) groups is 1. The molecule has 5 aliphatic rings. The summed E-state index contributed by atoms with van der Waals surface area (Å²) in [5.41, 5.74) is 0.991. The van der Waals surface area contributed by atoms with Crippen LogP contribution in [-0.4, -0.2) is 58.8 Å².